The van der Waals surface area contributed by atoms with E-state index in [1.54, 1.807) is 60.4 Å². The molecular formula is C26H27N3O5S. The van der Waals surface area contributed by atoms with Crippen LogP contribution >= 0.6 is 0 Å². The summed E-state index contributed by atoms with van der Waals surface area (Å²) in [5, 5.41) is 2.86. The van der Waals surface area contributed by atoms with E-state index in [4.69, 9.17) is 4.74 Å². The molecule has 182 valence electrons. The quantitative estimate of drug-likeness (QED) is 0.532. The molecule has 3 aromatic carbocycles. The summed E-state index contributed by atoms with van der Waals surface area (Å²) in [6.45, 7) is 2.33. The number of nitrogens with zero attached hydrogens (tertiary/aromatic N) is 2. The molecule has 3 aromatic rings. The summed E-state index contributed by atoms with van der Waals surface area (Å²) in [6.07, 6.45) is 1.24. The van der Waals surface area contributed by atoms with Crippen LogP contribution in [0.3, 0.4) is 0 Å². The SMILES string of the molecule is COc1ccccc1N(C)S(=O)(=O)c1ccc(C)c(C(=O)Nc2ccccc2N2CCCC2=O)c1. The van der Waals surface area contributed by atoms with Gasteiger partial charge in [0.1, 0.15) is 5.75 Å². The Morgan fingerprint density at radius 3 is 2.49 bits per heavy atom. The van der Waals surface area contributed by atoms with Crippen molar-refractivity contribution in [1.29, 1.82) is 0 Å². The number of amides is 2. The normalized spacial score (nSPS) is 13.6. The fraction of sp³-hybridized carbons (Fsp3) is 0.231. The molecule has 1 aliphatic rings. The van der Waals surface area contributed by atoms with Crippen LogP contribution in [-0.2, 0) is 14.8 Å². The van der Waals surface area contributed by atoms with Gasteiger partial charge in [0.2, 0.25) is 5.91 Å². The molecule has 0 radical (unpaired) electrons. The molecule has 0 unspecified atom stereocenters. The van der Waals surface area contributed by atoms with E-state index >= 15 is 0 Å². The third-order valence-electron chi connectivity index (χ3n) is 6.05. The average Bonchev–Trinajstić information content (AvgIpc) is 3.29. The van der Waals surface area contributed by atoms with Crippen LogP contribution in [0.5, 0.6) is 5.75 Å². The zero-order chi connectivity index (χ0) is 25.2. The zero-order valence-electron chi connectivity index (χ0n) is 19.8. The smallest absolute Gasteiger partial charge is 0.264 e. The fourth-order valence-electron chi connectivity index (χ4n) is 4.09. The van der Waals surface area contributed by atoms with E-state index < -0.39 is 15.9 Å². The number of anilines is 3. The number of sulfonamides is 1. The number of aryl methyl sites for hydroxylation is 1. The highest BCUT2D eigenvalue weighted by Crippen LogP contribution is 2.32. The molecule has 1 heterocycles. The number of carbonyl (C=O) groups excluding carboxylic acids is 2. The van der Waals surface area contributed by atoms with Gasteiger partial charge in [0, 0.05) is 25.6 Å². The monoisotopic (exact) mass is 493 g/mol. The molecule has 1 aliphatic heterocycles. The summed E-state index contributed by atoms with van der Waals surface area (Å²) >= 11 is 0. The van der Waals surface area contributed by atoms with E-state index in [-0.39, 0.29) is 16.4 Å². The Labute approximate surface area is 205 Å². The summed E-state index contributed by atoms with van der Waals surface area (Å²) in [4.78, 5) is 27.1. The molecule has 0 saturated carbocycles. The van der Waals surface area contributed by atoms with Crippen LogP contribution in [0.15, 0.2) is 71.6 Å². The van der Waals surface area contributed by atoms with E-state index in [9.17, 15) is 18.0 Å². The number of benzene rings is 3. The van der Waals surface area contributed by atoms with Crippen LogP contribution in [0.1, 0.15) is 28.8 Å². The molecule has 2 amide bonds. The highest BCUT2D eigenvalue weighted by Gasteiger charge is 2.27. The number of nitrogens with one attached hydrogen (secondary N) is 1. The molecule has 9 heteroatoms. The van der Waals surface area contributed by atoms with Crippen LogP contribution in [0.25, 0.3) is 0 Å². The second kappa shape index (κ2) is 9.79. The topological polar surface area (TPSA) is 96.0 Å². The highest BCUT2D eigenvalue weighted by molar-refractivity contribution is 7.92. The number of rotatable bonds is 7. The van der Waals surface area contributed by atoms with E-state index in [1.807, 2.05) is 6.07 Å². The number of hydrogen-bond donors (Lipinski definition) is 1. The lowest BCUT2D eigenvalue weighted by Crippen LogP contribution is -2.27. The summed E-state index contributed by atoms with van der Waals surface area (Å²) in [7, 11) is -1.06. The molecule has 4 rings (SSSR count). The number of methoxy groups -OCH3 is 1. The number of hydrogen-bond acceptors (Lipinski definition) is 5. The molecule has 1 saturated heterocycles. The zero-order valence-corrected chi connectivity index (χ0v) is 20.6. The first-order chi connectivity index (χ1) is 16.7. The van der Waals surface area contributed by atoms with Crippen LogP contribution < -0.4 is 19.3 Å². The first kappa shape index (κ1) is 24.3. The Morgan fingerprint density at radius 1 is 1.06 bits per heavy atom. The Balaban J connectivity index is 1.65. The Bertz CT molecular complexity index is 1390. The van der Waals surface area contributed by atoms with Gasteiger partial charge in [-0.1, -0.05) is 30.3 Å². The standard InChI is InChI=1S/C26H27N3O5S/c1-18-14-15-19(35(32,33)28(2)23-11-6-7-12-24(23)34-3)17-20(18)26(31)27-21-9-4-5-10-22(21)29-16-8-13-25(29)30/h4-7,9-12,14-15,17H,8,13,16H2,1-3H3,(H,27,31). The molecular weight excluding hydrogens is 466 g/mol. The maximum absolute atomic E-state index is 13.4. The van der Waals surface area contributed by atoms with Gasteiger partial charge in [-0.3, -0.25) is 13.9 Å². The fourth-order valence-corrected chi connectivity index (χ4v) is 5.32. The van der Waals surface area contributed by atoms with Gasteiger partial charge < -0.3 is 15.0 Å². The van der Waals surface area contributed by atoms with Gasteiger partial charge in [0.15, 0.2) is 0 Å². The van der Waals surface area contributed by atoms with Crippen molar-refractivity contribution in [3.05, 3.63) is 77.9 Å². The van der Waals surface area contributed by atoms with Gasteiger partial charge in [0.25, 0.3) is 15.9 Å². The van der Waals surface area contributed by atoms with Crippen molar-refractivity contribution in [2.24, 2.45) is 0 Å². The molecule has 0 bridgehead atoms. The van der Waals surface area contributed by atoms with Crippen molar-refractivity contribution in [3.8, 4) is 5.75 Å². The second-order valence-corrected chi connectivity index (χ2v) is 10.2. The maximum atomic E-state index is 13.4. The largest absolute Gasteiger partial charge is 0.495 e. The number of ether oxygens (including phenoxy) is 1. The predicted molar refractivity (Wildman–Crippen MR) is 136 cm³/mol. The van der Waals surface area contributed by atoms with E-state index in [1.165, 1.54) is 26.3 Å². The minimum atomic E-state index is -3.98. The predicted octanol–water partition coefficient (Wildman–Crippen LogP) is 4.21. The molecule has 0 spiro atoms. The van der Waals surface area contributed by atoms with Crippen LogP contribution in [-0.4, -0.2) is 40.9 Å². The lowest BCUT2D eigenvalue weighted by molar-refractivity contribution is -0.117. The van der Waals surface area contributed by atoms with Crippen LogP contribution in [0, 0.1) is 6.92 Å². The van der Waals surface area contributed by atoms with E-state index in [2.05, 4.69) is 5.32 Å². The minimum Gasteiger partial charge on any atom is -0.495 e. The molecule has 0 atom stereocenters. The van der Waals surface area contributed by atoms with Gasteiger partial charge in [-0.25, -0.2) is 8.42 Å². The van der Waals surface area contributed by atoms with E-state index in [0.29, 0.717) is 41.3 Å². The second-order valence-electron chi connectivity index (χ2n) is 8.24. The first-order valence-electron chi connectivity index (χ1n) is 11.2. The van der Waals surface area contributed by atoms with Gasteiger partial charge in [0.05, 0.1) is 29.1 Å². The maximum Gasteiger partial charge on any atom is 0.264 e. The molecule has 35 heavy (non-hydrogen) atoms. The lowest BCUT2D eigenvalue weighted by atomic mass is 10.1. The third-order valence-corrected chi connectivity index (χ3v) is 7.82. The van der Waals surface area contributed by atoms with E-state index in [0.717, 1.165) is 10.7 Å². The average molecular weight is 494 g/mol. The molecule has 0 aromatic heterocycles. The minimum absolute atomic E-state index is 0.00958. The number of para-hydroxylation sites is 4. The summed E-state index contributed by atoms with van der Waals surface area (Å²) in [5.41, 5.74) is 2.34. The van der Waals surface area contributed by atoms with Gasteiger partial charge in [-0.15, -0.1) is 0 Å². The van der Waals surface area contributed by atoms with Crippen molar-refractivity contribution in [1.82, 2.24) is 0 Å². The van der Waals surface area contributed by atoms with Crippen molar-refractivity contribution >= 4 is 38.9 Å². The molecule has 1 fully saturated rings. The summed E-state index contributed by atoms with van der Waals surface area (Å²) in [6, 6.07) is 18.3. The molecule has 8 nitrogen and oxygen atoms in total. The first-order valence-corrected chi connectivity index (χ1v) is 12.6. The molecule has 1 N–H and O–H groups in total. The van der Waals surface area contributed by atoms with Crippen molar-refractivity contribution < 1.29 is 22.7 Å². The Hall–Kier alpha value is -3.85. The lowest BCUT2D eigenvalue weighted by Gasteiger charge is -2.22. The van der Waals surface area contributed by atoms with Crippen molar-refractivity contribution in [2.45, 2.75) is 24.7 Å². The number of carbonyl (C=O) groups is 2. The summed E-state index contributed by atoms with van der Waals surface area (Å²) < 4.78 is 33.2. The van der Waals surface area contributed by atoms with Crippen LogP contribution in [0.2, 0.25) is 0 Å². The van der Waals surface area contributed by atoms with Gasteiger partial charge in [-0.05, 0) is 55.3 Å². The van der Waals surface area contributed by atoms with Gasteiger partial charge >= 0.3 is 0 Å². The Kier molecular flexibility index (Phi) is 6.79. The van der Waals surface area contributed by atoms with Crippen molar-refractivity contribution in [3.63, 3.8) is 0 Å². The molecule has 0 aliphatic carbocycles. The van der Waals surface area contributed by atoms with Crippen LogP contribution in [0.4, 0.5) is 17.1 Å². The van der Waals surface area contributed by atoms with Gasteiger partial charge in [-0.2, -0.15) is 0 Å². The van der Waals surface area contributed by atoms with Crippen molar-refractivity contribution in [2.75, 3.05) is 35.2 Å². The summed E-state index contributed by atoms with van der Waals surface area (Å²) in [5.74, 6) is -0.0364. The Morgan fingerprint density at radius 2 is 1.77 bits per heavy atom. The highest BCUT2D eigenvalue weighted by atomic mass is 32.2. The third kappa shape index (κ3) is 4.72.